The summed E-state index contributed by atoms with van der Waals surface area (Å²) in [5.74, 6) is -1.41. The van der Waals surface area contributed by atoms with Gasteiger partial charge in [0.05, 0.1) is 41.3 Å². The number of rotatable bonds is 8. The Morgan fingerprint density at radius 2 is 1.94 bits per heavy atom. The summed E-state index contributed by atoms with van der Waals surface area (Å²) in [6.07, 6.45) is 1.63. The second-order valence-electron chi connectivity index (χ2n) is 6.83. The number of hydrazone groups is 1. The normalized spacial score (nSPS) is 14.3. The lowest BCUT2D eigenvalue weighted by Gasteiger charge is -2.13. The van der Waals surface area contributed by atoms with Crippen molar-refractivity contribution in [2.24, 2.45) is 5.10 Å². The minimum atomic E-state index is -1.21. The van der Waals surface area contributed by atoms with Crippen molar-refractivity contribution < 1.29 is 33.7 Å². The van der Waals surface area contributed by atoms with Crippen molar-refractivity contribution in [2.45, 2.75) is 13.8 Å². The first-order valence-electron chi connectivity index (χ1n) is 9.86. The van der Waals surface area contributed by atoms with Crippen molar-refractivity contribution >= 4 is 46.9 Å². The molecule has 0 aromatic heterocycles. The van der Waals surface area contributed by atoms with Gasteiger partial charge in [0.2, 0.25) is 0 Å². The van der Waals surface area contributed by atoms with Crippen LogP contribution in [0, 0.1) is 0 Å². The van der Waals surface area contributed by atoms with Crippen LogP contribution in [0.1, 0.15) is 29.8 Å². The first kappa shape index (κ1) is 23.8. The van der Waals surface area contributed by atoms with Gasteiger partial charge in [-0.3, -0.25) is 4.79 Å². The van der Waals surface area contributed by atoms with Gasteiger partial charge in [-0.15, -0.1) is 0 Å². The van der Waals surface area contributed by atoms with Crippen LogP contribution in [0.15, 0.2) is 47.1 Å². The molecule has 1 N–H and O–H groups in total. The standard InChI is InChI=1S/C23H21ClN2O7/c1-4-32-21(27)12-33-19-8-5-14(10-20(19)31-3)9-16-13(2)25-26(22(16)28)15-6-7-18(24)17(11-15)23(29)30/h5-11H,4,12H2,1-3H3,(H,29,30)/b16-9-. The number of esters is 1. The third-order valence-corrected chi connectivity index (χ3v) is 4.97. The molecule has 1 aliphatic heterocycles. The maximum atomic E-state index is 13.0. The topological polar surface area (TPSA) is 115 Å². The predicted molar refractivity (Wildman–Crippen MR) is 122 cm³/mol. The monoisotopic (exact) mass is 472 g/mol. The summed E-state index contributed by atoms with van der Waals surface area (Å²) >= 11 is 5.92. The number of aromatic carboxylic acids is 1. The third kappa shape index (κ3) is 5.32. The minimum absolute atomic E-state index is 0.0618. The van der Waals surface area contributed by atoms with Crippen molar-refractivity contribution in [3.05, 3.63) is 58.1 Å². The number of hydrogen-bond donors (Lipinski definition) is 1. The summed E-state index contributed by atoms with van der Waals surface area (Å²) in [5.41, 5.74) is 1.56. The first-order chi connectivity index (χ1) is 15.7. The third-order valence-electron chi connectivity index (χ3n) is 4.64. The summed E-state index contributed by atoms with van der Waals surface area (Å²) in [5, 5.41) is 14.7. The maximum absolute atomic E-state index is 13.0. The number of carboxylic acid groups (broad SMARTS) is 1. The number of ether oxygens (including phenoxy) is 3. The van der Waals surface area contributed by atoms with Gasteiger partial charge >= 0.3 is 11.9 Å². The Hall–Kier alpha value is -3.85. The number of amides is 1. The van der Waals surface area contributed by atoms with Gasteiger partial charge in [0, 0.05) is 0 Å². The van der Waals surface area contributed by atoms with Crippen LogP contribution in [-0.4, -0.2) is 49.0 Å². The molecule has 0 bridgehead atoms. The second-order valence-corrected chi connectivity index (χ2v) is 7.24. The molecule has 0 saturated heterocycles. The zero-order valence-electron chi connectivity index (χ0n) is 18.1. The van der Waals surface area contributed by atoms with E-state index in [4.69, 9.17) is 25.8 Å². The lowest BCUT2D eigenvalue weighted by Crippen LogP contribution is -2.21. The fourth-order valence-corrected chi connectivity index (χ4v) is 3.27. The number of nitrogens with zero attached hydrogens (tertiary/aromatic N) is 2. The van der Waals surface area contributed by atoms with Crippen LogP contribution in [0.4, 0.5) is 5.69 Å². The molecular formula is C23H21ClN2O7. The molecule has 0 fully saturated rings. The van der Waals surface area contributed by atoms with Gasteiger partial charge in [-0.1, -0.05) is 17.7 Å². The van der Waals surface area contributed by atoms with Crippen LogP contribution in [0.25, 0.3) is 6.08 Å². The second kappa shape index (κ2) is 10.2. The number of carbonyl (C=O) groups excluding carboxylic acids is 2. The molecule has 0 radical (unpaired) electrons. The summed E-state index contributed by atoms with van der Waals surface area (Å²) in [6, 6.07) is 9.18. The van der Waals surface area contributed by atoms with Crippen LogP contribution >= 0.6 is 11.6 Å². The fraction of sp³-hybridized carbons (Fsp3) is 0.217. The Labute approximate surface area is 194 Å². The van der Waals surface area contributed by atoms with Crippen LogP contribution in [0.3, 0.4) is 0 Å². The van der Waals surface area contributed by atoms with E-state index >= 15 is 0 Å². The van der Waals surface area contributed by atoms with Crippen molar-refractivity contribution in [1.29, 1.82) is 0 Å². The molecule has 1 amide bonds. The average molecular weight is 473 g/mol. The molecule has 10 heteroatoms. The highest BCUT2D eigenvalue weighted by molar-refractivity contribution is 6.34. The Bertz CT molecular complexity index is 1170. The van der Waals surface area contributed by atoms with Gasteiger partial charge < -0.3 is 19.3 Å². The molecule has 33 heavy (non-hydrogen) atoms. The Morgan fingerprint density at radius 3 is 2.61 bits per heavy atom. The van der Waals surface area contributed by atoms with E-state index in [1.807, 2.05) is 0 Å². The van der Waals surface area contributed by atoms with Crippen molar-refractivity contribution in [1.82, 2.24) is 0 Å². The smallest absolute Gasteiger partial charge is 0.344 e. The number of halogens is 1. The van der Waals surface area contributed by atoms with Gasteiger partial charge in [-0.25, -0.2) is 9.59 Å². The summed E-state index contributed by atoms with van der Waals surface area (Å²) in [7, 11) is 1.46. The maximum Gasteiger partial charge on any atom is 0.344 e. The van der Waals surface area contributed by atoms with Gasteiger partial charge in [0.1, 0.15) is 0 Å². The lowest BCUT2D eigenvalue weighted by atomic mass is 10.1. The van der Waals surface area contributed by atoms with Crippen molar-refractivity contribution in [3.63, 3.8) is 0 Å². The molecule has 0 saturated carbocycles. The minimum Gasteiger partial charge on any atom is -0.493 e. The largest absolute Gasteiger partial charge is 0.493 e. The Morgan fingerprint density at radius 1 is 1.18 bits per heavy atom. The van der Waals surface area contributed by atoms with Crippen LogP contribution in [0.5, 0.6) is 11.5 Å². The van der Waals surface area contributed by atoms with E-state index in [2.05, 4.69) is 5.10 Å². The summed E-state index contributed by atoms with van der Waals surface area (Å²) < 4.78 is 15.6. The molecule has 2 aromatic carbocycles. The number of hydrogen-bond acceptors (Lipinski definition) is 7. The predicted octanol–water partition coefficient (Wildman–Crippen LogP) is 3.79. The molecule has 9 nitrogen and oxygen atoms in total. The number of methoxy groups -OCH3 is 1. The number of benzene rings is 2. The molecule has 0 atom stereocenters. The van der Waals surface area contributed by atoms with E-state index in [0.29, 0.717) is 28.3 Å². The molecule has 0 aliphatic carbocycles. The average Bonchev–Trinajstić information content (AvgIpc) is 3.06. The summed E-state index contributed by atoms with van der Waals surface area (Å²) in [6.45, 7) is 3.37. The van der Waals surface area contributed by atoms with Gasteiger partial charge in [-0.2, -0.15) is 10.1 Å². The molecule has 1 heterocycles. The molecule has 2 aromatic rings. The summed E-state index contributed by atoms with van der Waals surface area (Å²) in [4.78, 5) is 35.9. The Kier molecular flexibility index (Phi) is 7.34. The van der Waals surface area contributed by atoms with E-state index in [1.54, 1.807) is 38.1 Å². The van der Waals surface area contributed by atoms with E-state index in [1.165, 1.54) is 25.3 Å². The highest BCUT2D eigenvalue weighted by atomic mass is 35.5. The van der Waals surface area contributed by atoms with Crippen molar-refractivity contribution in [3.8, 4) is 11.5 Å². The van der Waals surface area contributed by atoms with Crippen molar-refractivity contribution in [2.75, 3.05) is 25.3 Å². The molecule has 0 unspecified atom stereocenters. The molecule has 0 spiro atoms. The molecule has 172 valence electrons. The highest BCUT2D eigenvalue weighted by Gasteiger charge is 2.29. The number of carbonyl (C=O) groups is 3. The SMILES string of the molecule is CCOC(=O)COc1ccc(/C=C2\C(=O)N(c3ccc(Cl)c(C(=O)O)c3)N=C2C)cc1OC. The number of carboxylic acids is 1. The first-order valence-corrected chi connectivity index (χ1v) is 10.2. The van der Waals surface area contributed by atoms with Crippen LogP contribution in [-0.2, 0) is 14.3 Å². The quantitative estimate of drug-likeness (QED) is 0.459. The van der Waals surface area contributed by atoms with E-state index in [9.17, 15) is 19.5 Å². The zero-order valence-corrected chi connectivity index (χ0v) is 18.9. The van der Waals surface area contributed by atoms with Gasteiger partial charge in [0.25, 0.3) is 5.91 Å². The molecule has 1 aliphatic rings. The van der Waals surface area contributed by atoms with Crippen LogP contribution < -0.4 is 14.5 Å². The number of anilines is 1. The van der Waals surface area contributed by atoms with E-state index in [-0.39, 0.29) is 29.5 Å². The highest BCUT2D eigenvalue weighted by Crippen LogP contribution is 2.31. The molecule has 3 rings (SSSR count). The van der Waals surface area contributed by atoms with E-state index in [0.717, 1.165) is 5.01 Å². The van der Waals surface area contributed by atoms with E-state index < -0.39 is 17.8 Å². The zero-order chi connectivity index (χ0) is 24.1. The lowest BCUT2D eigenvalue weighted by molar-refractivity contribution is -0.145. The van der Waals surface area contributed by atoms with Crippen LogP contribution in [0.2, 0.25) is 5.02 Å². The van der Waals surface area contributed by atoms with Gasteiger partial charge in [-0.05, 0) is 55.8 Å². The fourth-order valence-electron chi connectivity index (χ4n) is 3.07. The molecular weight excluding hydrogens is 452 g/mol. The Balaban J connectivity index is 1.85. The van der Waals surface area contributed by atoms with Gasteiger partial charge in [0.15, 0.2) is 18.1 Å².